The van der Waals surface area contributed by atoms with Gasteiger partial charge in [-0.2, -0.15) is 0 Å². The predicted molar refractivity (Wildman–Crippen MR) is 137 cm³/mol. The third-order valence-corrected chi connectivity index (χ3v) is 7.43. The topological polar surface area (TPSA) is 32.8 Å². The van der Waals surface area contributed by atoms with Crippen molar-refractivity contribution in [3.63, 3.8) is 0 Å². The van der Waals surface area contributed by atoms with Crippen molar-refractivity contribution in [3.05, 3.63) is 107 Å². The lowest BCUT2D eigenvalue weighted by atomic mass is 9.83. The van der Waals surface area contributed by atoms with E-state index < -0.39 is 5.54 Å². The summed E-state index contributed by atoms with van der Waals surface area (Å²) in [5, 5.41) is 2.20. The van der Waals surface area contributed by atoms with Gasteiger partial charge in [0.05, 0.1) is 13.7 Å². The standard InChI is InChI=1S/C30H28N2O2/c1-20-11-13-27-24(16-20)18-32-28-14-12-21(2)15-23(28)17-31(27)19-30(32,29(33)34-3)26-10-6-8-22-7-4-5-9-25(22)26/h4-16H,17-19H2,1-3H3. The van der Waals surface area contributed by atoms with E-state index in [1.54, 1.807) is 0 Å². The van der Waals surface area contributed by atoms with E-state index in [1.165, 1.54) is 35.1 Å². The Morgan fingerprint density at radius 3 is 2.26 bits per heavy atom. The van der Waals surface area contributed by atoms with Crippen LogP contribution in [0.2, 0.25) is 0 Å². The van der Waals surface area contributed by atoms with Gasteiger partial charge >= 0.3 is 5.97 Å². The predicted octanol–water partition coefficient (Wildman–Crippen LogP) is 5.87. The molecule has 4 aromatic carbocycles. The second-order valence-electron chi connectivity index (χ2n) is 9.59. The van der Waals surface area contributed by atoms with Crippen LogP contribution in [0.5, 0.6) is 0 Å². The highest BCUT2D eigenvalue weighted by Crippen LogP contribution is 2.48. The summed E-state index contributed by atoms with van der Waals surface area (Å²) in [6.07, 6.45) is 0. The van der Waals surface area contributed by atoms with E-state index in [-0.39, 0.29) is 5.97 Å². The first-order chi connectivity index (χ1) is 16.5. The van der Waals surface area contributed by atoms with Crippen molar-refractivity contribution in [1.29, 1.82) is 0 Å². The van der Waals surface area contributed by atoms with E-state index in [0.29, 0.717) is 13.1 Å². The Kier molecular flexibility index (Phi) is 4.66. The highest BCUT2D eigenvalue weighted by molar-refractivity contribution is 5.97. The zero-order valence-electron chi connectivity index (χ0n) is 19.8. The van der Waals surface area contributed by atoms with Crippen LogP contribution in [0.1, 0.15) is 27.8 Å². The number of hydrogen-bond donors (Lipinski definition) is 0. The summed E-state index contributed by atoms with van der Waals surface area (Å²) in [5.74, 6) is -0.230. The van der Waals surface area contributed by atoms with Gasteiger partial charge in [0.2, 0.25) is 0 Å². The highest BCUT2D eigenvalue weighted by Gasteiger charge is 2.53. The van der Waals surface area contributed by atoms with E-state index >= 15 is 0 Å². The third-order valence-electron chi connectivity index (χ3n) is 7.43. The largest absolute Gasteiger partial charge is 0.467 e. The van der Waals surface area contributed by atoms with Gasteiger partial charge in [-0.25, -0.2) is 4.79 Å². The van der Waals surface area contributed by atoms with Crippen molar-refractivity contribution < 1.29 is 9.53 Å². The monoisotopic (exact) mass is 448 g/mol. The molecule has 170 valence electrons. The average molecular weight is 449 g/mol. The number of carbonyl (C=O) groups is 1. The van der Waals surface area contributed by atoms with Crippen LogP contribution >= 0.6 is 0 Å². The maximum absolute atomic E-state index is 14.0. The Hall–Kier alpha value is -3.79. The molecule has 2 aliphatic heterocycles. The molecule has 2 bridgehead atoms. The second kappa shape index (κ2) is 7.63. The van der Waals surface area contributed by atoms with E-state index in [4.69, 9.17) is 4.74 Å². The Labute approximate surface area is 200 Å². The summed E-state index contributed by atoms with van der Waals surface area (Å²) in [7, 11) is 1.51. The minimum Gasteiger partial charge on any atom is -0.467 e. The highest BCUT2D eigenvalue weighted by atomic mass is 16.5. The number of rotatable bonds is 2. The molecule has 0 N–H and O–H groups in total. The summed E-state index contributed by atoms with van der Waals surface area (Å²) >= 11 is 0. The SMILES string of the molecule is COC(=O)C1(c2cccc3ccccc23)CN2Cc3cc(C)ccc3N1Cc1cc(C)ccc12. The van der Waals surface area contributed by atoms with Gasteiger partial charge in [-0.1, -0.05) is 77.9 Å². The molecule has 1 atom stereocenters. The fourth-order valence-corrected chi connectivity index (χ4v) is 5.91. The van der Waals surface area contributed by atoms with Crippen molar-refractivity contribution in [2.45, 2.75) is 32.5 Å². The van der Waals surface area contributed by atoms with Gasteiger partial charge in [-0.3, -0.25) is 0 Å². The summed E-state index contributed by atoms with van der Waals surface area (Å²) in [4.78, 5) is 18.7. The first-order valence-corrected chi connectivity index (χ1v) is 11.8. The van der Waals surface area contributed by atoms with Gasteiger partial charge in [-0.15, -0.1) is 0 Å². The Balaban J connectivity index is 1.71. The molecule has 0 radical (unpaired) electrons. The first kappa shape index (κ1) is 20.8. The lowest BCUT2D eigenvalue weighted by Crippen LogP contribution is -2.56. The van der Waals surface area contributed by atoms with Crippen LogP contribution < -0.4 is 9.80 Å². The number of anilines is 2. The number of hydrogen-bond acceptors (Lipinski definition) is 4. The molecule has 34 heavy (non-hydrogen) atoms. The molecule has 0 spiro atoms. The summed E-state index contributed by atoms with van der Waals surface area (Å²) in [5.41, 5.74) is 7.18. The van der Waals surface area contributed by atoms with Crippen LogP contribution in [-0.2, 0) is 28.2 Å². The van der Waals surface area contributed by atoms with Crippen molar-refractivity contribution in [1.82, 2.24) is 0 Å². The number of carbonyl (C=O) groups excluding carboxylic acids is 1. The molecule has 0 saturated carbocycles. The van der Waals surface area contributed by atoms with Gasteiger partial charge < -0.3 is 14.5 Å². The second-order valence-corrected chi connectivity index (χ2v) is 9.59. The third kappa shape index (κ3) is 2.95. The molecule has 6 rings (SSSR count). The Bertz CT molecular complexity index is 1440. The van der Waals surface area contributed by atoms with Gasteiger partial charge in [0.25, 0.3) is 0 Å². The van der Waals surface area contributed by atoms with E-state index in [0.717, 1.165) is 28.6 Å². The van der Waals surface area contributed by atoms with Crippen LogP contribution in [0.15, 0.2) is 78.9 Å². The minimum atomic E-state index is -0.997. The van der Waals surface area contributed by atoms with Crippen molar-refractivity contribution in [2.75, 3.05) is 23.5 Å². The van der Waals surface area contributed by atoms with E-state index in [1.807, 2.05) is 12.1 Å². The van der Waals surface area contributed by atoms with E-state index in [2.05, 4.69) is 90.4 Å². The zero-order chi connectivity index (χ0) is 23.4. The molecule has 0 aromatic heterocycles. The van der Waals surface area contributed by atoms with E-state index in [9.17, 15) is 4.79 Å². The molecule has 4 aromatic rings. The van der Waals surface area contributed by atoms with Crippen LogP contribution in [0.25, 0.3) is 10.8 Å². The molecule has 1 unspecified atom stereocenters. The fraction of sp³-hybridized carbons (Fsp3) is 0.233. The summed E-state index contributed by atoms with van der Waals surface area (Å²) in [6.45, 7) is 6.13. The van der Waals surface area contributed by atoms with Crippen LogP contribution in [-0.4, -0.2) is 19.6 Å². The molecule has 0 amide bonds. The molecule has 0 fully saturated rings. The van der Waals surface area contributed by atoms with Gasteiger partial charge in [0, 0.05) is 24.5 Å². The van der Waals surface area contributed by atoms with Gasteiger partial charge in [-0.05, 0) is 53.4 Å². The number of nitrogens with zero attached hydrogens (tertiary/aromatic N) is 2. The normalized spacial score (nSPS) is 18.8. The number of fused-ring (bicyclic) bond motifs is 8. The quantitative estimate of drug-likeness (QED) is 0.359. The maximum Gasteiger partial charge on any atom is 0.338 e. The fourth-order valence-electron chi connectivity index (χ4n) is 5.91. The molecule has 2 heterocycles. The maximum atomic E-state index is 14.0. The first-order valence-electron chi connectivity index (χ1n) is 11.8. The molecular weight excluding hydrogens is 420 g/mol. The number of methoxy groups -OCH3 is 1. The lowest BCUT2D eigenvalue weighted by molar-refractivity contribution is -0.147. The van der Waals surface area contributed by atoms with Crippen LogP contribution in [0.3, 0.4) is 0 Å². The van der Waals surface area contributed by atoms with Crippen LogP contribution in [0, 0.1) is 13.8 Å². The number of ether oxygens (including phenoxy) is 1. The minimum absolute atomic E-state index is 0.230. The van der Waals surface area contributed by atoms with Crippen molar-refractivity contribution in [2.24, 2.45) is 0 Å². The number of benzene rings is 4. The molecule has 4 nitrogen and oxygen atoms in total. The Morgan fingerprint density at radius 2 is 1.50 bits per heavy atom. The van der Waals surface area contributed by atoms with Crippen molar-refractivity contribution >= 4 is 28.1 Å². The average Bonchev–Trinajstić information content (AvgIpc) is 3.07. The summed E-state index contributed by atoms with van der Waals surface area (Å²) < 4.78 is 5.61. The summed E-state index contributed by atoms with van der Waals surface area (Å²) in [6, 6.07) is 27.8. The molecule has 2 aliphatic rings. The zero-order valence-corrected chi connectivity index (χ0v) is 19.8. The Morgan fingerprint density at radius 1 is 0.824 bits per heavy atom. The molecule has 0 saturated heterocycles. The van der Waals surface area contributed by atoms with Gasteiger partial charge in [0.1, 0.15) is 0 Å². The van der Waals surface area contributed by atoms with Crippen molar-refractivity contribution in [3.8, 4) is 0 Å². The van der Waals surface area contributed by atoms with Gasteiger partial charge in [0.15, 0.2) is 5.54 Å². The smallest absolute Gasteiger partial charge is 0.338 e. The molecule has 4 heteroatoms. The molecular formula is C30H28N2O2. The lowest BCUT2D eigenvalue weighted by Gasteiger charge is -2.42. The molecule has 0 aliphatic carbocycles. The number of aryl methyl sites for hydroxylation is 2. The van der Waals surface area contributed by atoms with Crippen LogP contribution in [0.4, 0.5) is 11.4 Å². The number of esters is 1.